The molecular weight excluding hydrogens is 460 g/mol. The Hall–Kier alpha value is -2.62. The first-order chi connectivity index (χ1) is 15.5. The fraction of sp³-hybridized carbons (Fsp3) is 0.273. The maximum absolute atomic E-state index is 14.2. The van der Waals surface area contributed by atoms with Gasteiger partial charge in [0.15, 0.2) is 5.82 Å². The topological polar surface area (TPSA) is 65.5 Å². The van der Waals surface area contributed by atoms with Crippen LogP contribution in [0.5, 0.6) is 11.5 Å². The van der Waals surface area contributed by atoms with E-state index < -0.39 is 11.6 Å². The average Bonchev–Trinajstić information content (AvgIpc) is 2.76. The molecule has 0 saturated carbocycles. The van der Waals surface area contributed by atoms with Crippen LogP contribution in [-0.2, 0) is 10.6 Å². The molecule has 1 N–H and O–H groups in total. The second kappa shape index (κ2) is 11.8. The third kappa shape index (κ3) is 6.69. The van der Waals surface area contributed by atoms with Crippen molar-refractivity contribution in [3.05, 3.63) is 65.1 Å². The molecule has 32 heavy (non-hydrogen) atoms. The smallest absolute Gasteiger partial charge is 0.223 e. The van der Waals surface area contributed by atoms with Gasteiger partial charge in [0.2, 0.25) is 5.28 Å². The van der Waals surface area contributed by atoms with Crippen molar-refractivity contribution in [3.8, 4) is 22.8 Å². The zero-order valence-electron chi connectivity index (χ0n) is 17.5. The van der Waals surface area contributed by atoms with Gasteiger partial charge in [-0.1, -0.05) is 0 Å². The second-order valence-electron chi connectivity index (χ2n) is 6.63. The fourth-order valence-electron chi connectivity index (χ4n) is 2.95. The minimum absolute atomic E-state index is 0.0555. The molecule has 0 bridgehead atoms. The molecule has 0 radical (unpaired) electrons. The molecule has 2 aromatic carbocycles. The van der Waals surface area contributed by atoms with Crippen LogP contribution in [0.15, 0.2) is 42.6 Å². The van der Waals surface area contributed by atoms with E-state index in [0.29, 0.717) is 18.8 Å². The Balaban J connectivity index is 1.62. The molecule has 0 fully saturated rings. The van der Waals surface area contributed by atoms with E-state index in [-0.39, 0.29) is 28.9 Å². The average molecular weight is 482 g/mol. The van der Waals surface area contributed by atoms with E-state index in [4.69, 9.17) is 25.9 Å². The number of thioether (sulfide) groups is 1. The van der Waals surface area contributed by atoms with Crippen LogP contribution in [0.4, 0.5) is 14.5 Å². The first kappa shape index (κ1) is 24.0. The van der Waals surface area contributed by atoms with Crippen LogP contribution in [-0.4, -0.2) is 36.5 Å². The van der Waals surface area contributed by atoms with Crippen LogP contribution in [0.1, 0.15) is 12.0 Å². The van der Waals surface area contributed by atoms with Crippen molar-refractivity contribution in [3.63, 3.8) is 0 Å². The molecule has 0 aliphatic carbocycles. The Morgan fingerprint density at radius 3 is 2.69 bits per heavy atom. The van der Waals surface area contributed by atoms with Crippen molar-refractivity contribution in [2.75, 3.05) is 32.1 Å². The standard InChI is InChI=1S/C22H22ClF2N3O3S/c1-29-28-16-8-14(13-32-2)9-17(11-16)30-6-3-7-31-20-10-15(24)4-5-18(20)21-19(25)12-26-22(23)27-21/h4-5,8-12,28H,3,6-7,13H2,1-2H3. The molecule has 10 heteroatoms. The number of anilines is 1. The van der Waals surface area contributed by atoms with E-state index in [0.717, 1.165) is 23.2 Å². The number of halogens is 3. The molecule has 3 rings (SSSR count). The Morgan fingerprint density at radius 1 is 1.09 bits per heavy atom. The van der Waals surface area contributed by atoms with Crippen LogP contribution in [0.2, 0.25) is 5.28 Å². The third-order valence-electron chi connectivity index (χ3n) is 4.23. The van der Waals surface area contributed by atoms with E-state index in [2.05, 4.69) is 15.4 Å². The number of nitrogens with zero attached hydrogens (tertiary/aromatic N) is 2. The van der Waals surface area contributed by atoms with Gasteiger partial charge in [0.25, 0.3) is 0 Å². The van der Waals surface area contributed by atoms with Gasteiger partial charge < -0.3 is 9.47 Å². The predicted octanol–water partition coefficient (Wildman–Crippen LogP) is 5.76. The highest BCUT2D eigenvalue weighted by atomic mass is 35.5. The highest BCUT2D eigenvalue weighted by Crippen LogP contribution is 2.32. The summed E-state index contributed by atoms with van der Waals surface area (Å²) in [5.74, 6) is 0.501. The van der Waals surface area contributed by atoms with Gasteiger partial charge in [-0.3, -0.25) is 10.3 Å². The van der Waals surface area contributed by atoms with Crippen LogP contribution in [0.3, 0.4) is 0 Å². The van der Waals surface area contributed by atoms with Crippen LogP contribution in [0, 0.1) is 11.6 Å². The molecule has 0 aliphatic rings. The molecule has 6 nitrogen and oxygen atoms in total. The largest absolute Gasteiger partial charge is 0.493 e. The van der Waals surface area contributed by atoms with Crippen LogP contribution >= 0.6 is 23.4 Å². The Labute approximate surface area is 194 Å². The maximum atomic E-state index is 14.2. The van der Waals surface area contributed by atoms with E-state index in [1.54, 1.807) is 18.9 Å². The van der Waals surface area contributed by atoms with Crippen molar-refractivity contribution in [2.24, 2.45) is 0 Å². The summed E-state index contributed by atoms with van der Waals surface area (Å²) in [4.78, 5) is 12.5. The lowest BCUT2D eigenvalue weighted by Crippen LogP contribution is -2.07. The second-order valence-corrected chi connectivity index (χ2v) is 7.84. The van der Waals surface area contributed by atoms with Crippen LogP contribution < -0.4 is 15.0 Å². The monoisotopic (exact) mass is 481 g/mol. The number of rotatable bonds is 11. The molecule has 0 unspecified atom stereocenters. The van der Waals surface area contributed by atoms with Gasteiger partial charge in [-0.25, -0.2) is 18.7 Å². The molecule has 170 valence electrons. The lowest BCUT2D eigenvalue weighted by molar-refractivity contribution is 0.246. The van der Waals surface area contributed by atoms with E-state index in [1.807, 2.05) is 24.5 Å². The zero-order chi connectivity index (χ0) is 22.9. The van der Waals surface area contributed by atoms with Gasteiger partial charge in [-0.2, -0.15) is 11.8 Å². The van der Waals surface area contributed by atoms with Gasteiger partial charge in [0.1, 0.15) is 23.0 Å². The lowest BCUT2D eigenvalue weighted by Gasteiger charge is -2.13. The van der Waals surface area contributed by atoms with Gasteiger partial charge in [0, 0.05) is 29.9 Å². The molecule has 0 aliphatic heterocycles. The van der Waals surface area contributed by atoms with E-state index in [1.165, 1.54) is 18.2 Å². The fourth-order valence-corrected chi connectivity index (χ4v) is 3.58. The summed E-state index contributed by atoms with van der Waals surface area (Å²) >= 11 is 7.49. The molecule has 0 atom stereocenters. The number of aromatic nitrogens is 2. The quantitative estimate of drug-likeness (QED) is 0.212. The summed E-state index contributed by atoms with van der Waals surface area (Å²) in [6, 6.07) is 9.56. The summed E-state index contributed by atoms with van der Waals surface area (Å²) in [6.45, 7) is 0.595. The summed E-state index contributed by atoms with van der Waals surface area (Å²) in [6.07, 6.45) is 3.50. The maximum Gasteiger partial charge on any atom is 0.223 e. The van der Waals surface area contributed by atoms with Crippen molar-refractivity contribution in [2.45, 2.75) is 12.2 Å². The first-order valence-electron chi connectivity index (χ1n) is 9.65. The zero-order valence-corrected chi connectivity index (χ0v) is 19.1. The first-order valence-corrected chi connectivity index (χ1v) is 11.4. The van der Waals surface area contributed by atoms with Gasteiger partial charge in [-0.05, 0) is 47.7 Å². The summed E-state index contributed by atoms with van der Waals surface area (Å²) in [7, 11) is 1.54. The highest BCUT2D eigenvalue weighted by molar-refractivity contribution is 7.97. The number of nitrogens with one attached hydrogen (secondary N) is 1. The number of hydrogen-bond donors (Lipinski definition) is 1. The third-order valence-corrected chi connectivity index (χ3v) is 5.03. The summed E-state index contributed by atoms with van der Waals surface area (Å²) in [5.41, 5.74) is 4.93. The van der Waals surface area contributed by atoms with Crippen molar-refractivity contribution in [1.29, 1.82) is 0 Å². The summed E-state index contributed by atoms with van der Waals surface area (Å²) < 4.78 is 39.5. The molecule has 0 amide bonds. The number of benzene rings is 2. The lowest BCUT2D eigenvalue weighted by atomic mass is 10.1. The molecule has 1 aromatic heterocycles. The number of hydrogen-bond acceptors (Lipinski definition) is 7. The van der Waals surface area contributed by atoms with Gasteiger partial charge in [-0.15, -0.1) is 0 Å². The van der Waals surface area contributed by atoms with Crippen molar-refractivity contribution >= 4 is 29.1 Å². The predicted molar refractivity (Wildman–Crippen MR) is 122 cm³/mol. The molecule has 1 heterocycles. The van der Waals surface area contributed by atoms with Crippen LogP contribution in [0.25, 0.3) is 11.3 Å². The molecule has 0 spiro atoms. The minimum atomic E-state index is -0.681. The van der Waals surface area contributed by atoms with Gasteiger partial charge >= 0.3 is 0 Å². The highest BCUT2D eigenvalue weighted by Gasteiger charge is 2.15. The summed E-state index contributed by atoms with van der Waals surface area (Å²) in [5, 5.41) is -0.115. The van der Waals surface area contributed by atoms with E-state index in [9.17, 15) is 8.78 Å². The van der Waals surface area contributed by atoms with E-state index >= 15 is 0 Å². The SMILES string of the molecule is CONc1cc(CSC)cc(OCCCOc2cc(F)ccc2-c2nc(Cl)ncc2F)c1. The molecule has 0 saturated heterocycles. The molecular formula is C22H22ClF2N3O3S. The number of ether oxygens (including phenoxy) is 2. The van der Waals surface area contributed by atoms with Gasteiger partial charge in [0.05, 0.1) is 32.2 Å². The van der Waals surface area contributed by atoms with Crippen molar-refractivity contribution < 1.29 is 23.1 Å². The Morgan fingerprint density at radius 2 is 1.91 bits per heavy atom. The Kier molecular flexibility index (Phi) is 8.90. The normalized spacial score (nSPS) is 10.8. The minimum Gasteiger partial charge on any atom is -0.493 e. The molecule has 3 aromatic rings. The van der Waals surface area contributed by atoms with Crippen molar-refractivity contribution in [1.82, 2.24) is 9.97 Å². The Bertz CT molecular complexity index is 1030.